The summed E-state index contributed by atoms with van der Waals surface area (Å²) in [5.41, 5.74) is 0.941. The fraction of sp³-hybridized carbons (Fsp3) is 0.238. The van der Waals surface area contributed by atoms with E-state index in [2.05, 4.69) is 11.6 Å². The molecule has 0 aliphatic carbocycles. The Morgan fingerprint density at radius 2 is 2.00 bits per heavy atom. The highest BCUT2D eigenvalue weighted by Crippen LogP contribution is 2.27. The number of thiazole rings is 1. The number of carbonyl (C=O) groups is 1. The van der Waals surface area contributed by atoms with E-state index >= 15 is 0 Å². The minimum Gasteiger partial charge on any atom is -0.493 e. The quantitative estimate of drug-likeness (QED) is 0.549. The Labute approximate surface area is 162 Å². The fourth-order valence-electron chi connectivity index (χ4n) is 2.69. The Balaban J connectivity index is 1.83. The molecule has 2 aromatic carbocycles. The van der Waals surface area contributed by atoms with Gasteiger partial charge in [-0.1, -0.05) is 41.7 Å². The maximum Gasteiger partial charge on any atom is 0.251 e. The van der Waals surface area contributed by atoms with Gasteiger partial charge in [-0.15, -0.1) is 6.58 Å². The molecule has 0 unspecified atom stereocenters. The number of allylic oxidation sites excluding steroid dienone is 1. The topological polar surface area (TPSA) is 52.8 Å². The third kappa shape index (κ3) is 4.65. The molecule has 3 rings (SSSR count). The van der Waals surface area contributed by atoms with E-state index in [9.17, 15) is 4.79 Å². The normalized spacial score (nSPS) is 11.5. The van der Waals surface area contributed by atoms with Gasteiger partial charge in [-0.2, -0.15) is 4.99 Å². The van der Waals surface area contributed by atoms with Gasteiger partial charge in [0.1, 0.15) is 17.0 Å². The molecule has 1 amide bonds. The van der Waals surface area contributed by atoms with Crippen molar-refractivity contribution in [2.24, 2.45) is 4.99 Å². The first-order chi connectivity index (χ1) is 13.2. The zero-order chi connectivity index (χ0) is 19.1. The molecule has 0 atom stereocenters. The SMILES string of the molecule is C=CCn1c(=NC(=O)CCOc2ccccc2)sc2cccc(OCC)c21. The molecule has 1 aromatic heterocycles. The molecule has 0 spiro atoms. The summed E-state index contributed by atoms with van der Waals surface area (Å²) in [6.45, 7) is 7.19. The number of benzene rings is 2. The zero-order valence-corrected chi connectivity index (χ0v) is 16.1. The van der Waals surface area contributed by atoms with Gasteiger partial charge in [-0.05, 0) is 31.2 Å². The van der Waals surface area contributed by atoms with Crippen LogP contribution in [0.2, 0.25) is 0 Å². The molecule has 6 heteroatoms. The van der Waals surface area contributed by atoms with Crippen molar-refractivity contribution >= 4 is 27.5 Å². The molecule has 0 saturated heterocycles. The van der Waals surface area contributed by atoms with Crippen LogP contribution in [0, 0.1) is 0 Å². The standard InChI is InChI=1S/C21H22N2O3S/c1-3-14-23-20-17(25-4-2)11-8-12-18(20)27-21(23)22-19(24)13-15-26-16-9-6-5-7-10-16/h3,5-12H,1,4,13-15H2,2H3. The third-order valence-corrected chi connectivity index (χ3v) is 4.87. The van der Waals surface area contributed by atoms with Gasteiger partial charge in [0.2, 0.25) is 0 Å². The molecule has 0 saturated carbocycles. The van der Waals surface area contributed by atoms with Crippen molar-refractivity contribution in [3.63, 3.8) is 0 Å². The van der Waals surface area contributed by atoms with E-state index in [1.165, 1.54) is 11.3 Å². The summed E-state index contributed by atoms with van der Waals surface area (Å²) in [5, 5.41) is 0. The number of carbonyl (C=O) groups excluding carboxylic acids is 1. The smallest absolute Gasteiger partial charge is 0.251 e. The van der Waals surface area contributed by atoms with Crippen LogP contribution < -0.4 is 14.3 Å². The summed E-state index contributed by atoms with van der Waals surface area (Å²) >= 11 is 1.47. The highest BCUT2D eigenvalue weighted by Gasteiger charge is 2.12. The predicted octanol–water partition coefficient (Wildman–Crippen LogP) is 4.18. The summed E-state index contributed by atoms with van der Waals surface area (Å²) in [6.07, 6.45) is 2.01. The summed E-state index contributed by atoms with van der Waals surface area (Å²) in [6, 6.07) is 15.3. The van der Waals surface area contributed by atoms with Crippen LogP contribution in [-0.2, 0) is 11.3 Å². The molecule has 3 aromatic rings. The third-order valence-electron chi connectivity index (χ3n) is 3.82. The number of hydrogen-bond acceptors (Lipinski definition) is 4. The molecule has 140 valence electrons. The Morgan fingerprint density at radius 3 is 2.74 bits per heavy atom. The van der Waals surface area contributed by atoms with Crippen molar-refractivity contribution in [3.8, 4) is 11.5 Å². The van der Waals surface area contributed by atoms with Crippen molar-refractivity contribution in [3.05, 3.63) is 66.0 Å². The number of rotatable bonds is 8. The molecule has 0 aliphatic heterocycles. The average Bonchev–Trinajstić information content (AvgIpc) is 3.01. The number of aromatic nitrogens is 1. The van der Waals surface area contributed by atoms with E-state index in [4.69, 9.17) is 9.47 Å². The number of amides is 1. The van der Waals surface area contributed by atoms with E-state index < -0.39 is 0 Å². The number of ether oxygens (including phenoxy) is 2. The van der Waals surface area contributed by atoms with Gasteiger partial charge in [-0.3, -0.25) is 4.79 Å². The van der Waals surface area contributed by atoms with Gasteiger partial charge < -0.3 is 14.0 Å². The lowest BCUT2D eigenvalue weighted by Crippen LogP contribution is -2.17. The molecule has 5 nitrogen and oxygen atoms in total. The lowest BCUT2D eigenvalue weighted by atomic mass is 10.3. The van der Waals surface area contributed by atoms with Crippen LogP contribution in [0.3, 0.4) is 0 Å². The van der Waals surface area contributed by atoms with Crippen LogP contribution in [0.5, 0.6) is 11.5 Å². The minimum atomic E-state index is -0.215. The molecule has 0 radical (unpaired) electrons. The number of nitrogens with zero attached hydrogens (tertiary/aromatic N) is 2. The molecule has 0 bridgehead atoms. The van der Waals surface area contributed by atoms with Gasteiger partial charge in [0.25, 0.3) is 5.91 Å². The average molecular weight is 382 g/mol. The maximum absolute atomic E-state index is 12.3. The molecular weight excluding hydrogens is 360 g/mol. The predicted molar refractivity (Wildman–Crippen MR) is 108 cm³/mol. The molecule has 1 heterocycles. The van der Waals surface area contributed by atoms with Crippen LogP contribution >= 0.6 is 11.3 Å². The zero-order valence-electron chi connectivity index (χ0n) is 15.3. The monoisotopic (exact) mass is 382 g/mol. The van der Waals surface area contributed by atoms with Gasteiger partial charge in [0, 0.05) is 6.54 Å². The minimum absolute atomic E-state index is 0.215. The van der Waals surface area contributed by atoms with E-state index in [-0.39, 0.29) is 12.3 Å². The number of fused-ring (bicyclic) bond motifs is 1. The van der Waals surface area contributed by atoms with Crippen molar-refractivity contribution in [1.82, 2.24) is 4.57 Å². The maximum atomic E-state index is 12.3. The molecule has 0 fully saturated rings. The molecule has 27 heavy (non-hydrogen) atoms. The van der Waals surface area contributed by atoms with Crippen molar-refractivity contribution in [1.29, 1.82) is 0 Å². The lowest BCUT2D eigenvalue weighted by molar-refractivity contribution is -0.118. The van der Waals surface area contributed by atoms with E-state index in [0.29, 0.717) is 24.6 Å². The van der Waals surface area contributed by atoms with Crippen LogP contribution in [0.25, 0.3) is 10.2 Å². The van der Waals surface area contributed by atoms with Crippen LogP contribution in [-0.4, -0.2) is 23.7 Å². The van der Waals surface area contributed by atoms with E-state index in [0.717, 1.165) is 21.7 Å². The summed E-state index contributed by atoms with van der Waals surface area (Å²) in [5.74, 6) is 1.32. The van der Waals surface area contributed by atoms with Gasteiger partial charge in [0.05, 0.1) is 24.3 Å². The molecule has 0 N–H and O–H groups in total. The highest BCUT2D eigenvalue weighted by molar-refractivity contribution is 7.16. The van der Waals surface area contributed by atoms with Crippen molar-refractivity contribution < 1.29 is 14.3 Å². The van der Waals surface area contributed by atoms with Crippen LogP contribution in [0.1, 0.15) is 13.3 Å². The highest BCUT2D eigenvalue weighted by atomic mass is 32.1. The first-order valence-electron chi connectivity index (χ1n) is 8.84. The number of hydrogen-bond donors (Lipinski definition) is 0. The largest absolute Gasteiger partial charge is 0.493 e. The Morgan fingerprint density at radius 1 is 1.19 bits per heavy atom. The fourth-order valence-corrected chi connectivity index (χ4v) is 3.76. The number of para-hydroxylation sites is 2. The second kappa shape index (κ2) is 9.19. The first-order valence-corrected chi connectivity index (χ1v) is 9.66. The second-order valence-electron chi connectivity index (χ2n) is 5.74. The Bertz CT molecular complexity index is 990. The summed E-state index contributed by atoms with van der Waals surface area (Å²) in [4.78, 5) is 17.3. The van der Waals surface area contributed by atoms with Crippen molar-refractivity contribution in [2.75, 3.05) is 13.2 Å². The second-order valence-corrected chi connectivity index (χ2v) is 6.75. The van der Waals surface area contributed by atoms with E-state index in [1.807, 2.05) is 60.0 Å². The molecular formula is C21H22N2O3S. The van der Waals surface area contributed by atoms with Crippen LogP contribution in [0.4, 0.5) is 0 Å². The van der Waals surface area contributed by atoms with Crippen molar-refractivity contribution in [2.45, 2.75) is 19.9 Å². The summed E-state index contributed by atoms with van der Waals surface area (Å²) < 4.78 is 14.3. The lowest BCUT2D eigenvalue weighted by Gasteiger charge is -2.08. The Hall–Kier alpha value is -2.86. The van der Waals surface area contributed by atoms with Gasteiger partial charge >= 0.3 is 0 Å². The molecule has 0 aliphatic rings. The van der Waals surface area contributed by atoms with Crippen LogP contribution in [0.15, 0.2) is 66.2 Å². The Kier molecular flexibility index (Phi) is 6.44. The summed E-state index contributed by atoms with van der Waals surface area (Å²) in [7, 11) is 0. The van der Waals surface area contributed by atoms with Gasteiger partial charge in [0.15, 0.2) is 4.80 Å². The van der Waals surface area contributed by atoms with E-state index in [1.54, 1.807) is 6.08 Å². The first kappa shape index (κ1) is 18.9. The van der Waals surface area contributed by atoms with Gasteiger partial charge in [-0.25, -0.2) is 0 Å².